The van der Waals surface area contributed by atoms with Crippen LogP contribution in [0.15, 0.2) is 54.9 Å². The quantitative estimate of drug-likeness (QED) is 0.808. The second kappa shape index (κ2) is 8.13. The van der Waals surface area contributed by atoms with Gasteiger partial charge in [0.05, 0.1) is 5.56 Å². The first-order chi connectivity index (χ1) is 10.7. The van der Waals surface area contributed by atoms with Gasteiger partial charge in [-0.2, -0.15) is 0 Å². The SMILES string of the molecule is CCCN(CC=Cc1ccccc1)C(=O)c1cnccc1C. The molecule has 0 unspecified atom stereocenters. The summed E-state index contributed by atoms with van der Waals surface area (Å²) in [5.41, 5.74) is 2.79. The van der Waals surface area contributed by atoms with Gasteiger partial charge in [-0.25, -0.2) is 0 Å². The number of nitrogens with zero attached hydrogens (tertiary/aromatic N) is 2. The molecule has 22 heavy (non-hydrogen) atoms. The molecule has 1 amide bonds. The zero-order valence-corrected chi connectivity index (χ0v) is 13.2. The monoisotopic (exact) mass is 294 g/mol. The molecule has 2 aromatic rings. The fourth-order valence-corrected chi connectivity index (χ4v) is 2.28. The van der Waals surface area contributed by atoms with E-state index in [0.29, 0.717) is 12.1 Å². The molecule has 0 aliphatic rings. The Morgan fingerprint density at radius 2 is 2.00 bits per heavy atom. The summed E-state index contributed by atoms with van der Waals surface area (Å²) in [6, 6.07) is 12.0. The van der Waals surface area contributed by atoms with Gasteiger partial charge in [0.1, 0.15) is 0 Å². The Morgan fingerprint density at radius 1 is 1.23 bits per heavy atom. The van der Waals surface area contributed by atoms with Crippen molar-refractivity contribution < 1.29 is 4.79 Å². The molecule has 0 saturated heterocycles. The van der Waals surface area contributed by atoms with Crippen LogP contribution >= 0.6 is 0 Å². The van der Waals surface area contributed by atoms with Gasteiger partial charge >= 0.3 is 0 Å². The maximum Gasteiger partial charge on any atom is 0.255 e. The average molecular weight is 294 g/mol. The van der Waals surface area contributed by atoms with Gasteiger partial charge < -0.3 is 4.90 Å². The predicted molar refractivity (Wildman–Crippen MR) is 90.6 cm³/mol. The molecule has 0 radical (unpaired) electrons. The fourth-order valence-electron chi connectivity index (χ4n) is 2.28. The van der Waals surface area contributed by atoms with Gasteiger partial charge in [0.25, 0.3) is 5.91 Å². The Balaban J connectivity index is 2.08. The van der Waals surface area contributed by atoms with Crippen molar-refractivity contribution in [2.45, 2.75) is 20.3 Å². The van der Waals surface area contributed by atoms with Crippen LogP contribution in [0, 0.1) is 6.92 Å². The maximum absolute atomic E-state index is 12.7. The molecule has 0 atom stereocenters. The van der Waals surface area contributed by atoms with Crippen LogP contribution in [0.2, 0.25) is 0 Å². The molecule has 1 heterocycles. The first kappa shape index (κ1) is 16.0. The largest absolute Gasteiger partial charge is 0.335 e. The summed E-state index contributed by atoms with van der Waals surface area (Å²) in [6.07, 6.45) is 8.39. The topological polar surface area (TPSA) is 33.2 Å². The number of amides is 1. The lowest BCUT2D eigenvalue weighted by molar-refractivity contribution is 0.0773. The van der Waals surface area contributed by atoms with E-state index in [0.717, 1.165) is 24.1 Å². The molecule has 3 nitrogen and oxygen atoms in total. The maximum atomic E-state index is 12.7. The van der Waals surface area contributed by atoms with Gasteiger partial charge in [0, 0.05) is 25.5 Å². The predicted octanol–water partition coefficient (Wildman–Crippen LogP) is 3.96. The molecule has 0 aliphatic carbocycles. The van der Waals surface area contributed by atoms with Crippen LogP contribution in [0.4, 0.5) is 0 Å². The summed E-state index contributed by atoms with van der Waals surface area (Å²) < 4.78 is 0. The Hall–Kier alpha value is -2.42. The van der Waals surface area contributed by atoms with E-state index in [1.54, 1.807) is 12.4 Å². The third-order valence-corrected chi connectivity index (χ3v) is 3.49. The number of benzene rings is 1. The minimum atomic E-state index is 0.0464. The first-order valence-electron chi connectivity index (χ1n) is 7.64. The summed E-state index contributed by atoms with van der Waals surface area (Å²) in [5, 5.41) is 0. The van der Waals surface area contributed by atoms with Crippen LogP contribution < -0.4 is 0 Å². The van der Waals surface area contributed by atoms with E-state index in [-0.39, 0.29) is 5.91 Å². The van der Waals surface area contributed by atoms with Crippen molar-refractivity contribution >= 4 is 12.0 Å². The van der Waals surface area contributed by atoms with Crippen LogP contribution in [-0.2, 0) is 0 Å². The number of aromatic nitrogens is 1. The van der Waals surface area contributed by atoms with Gasteiger partial charge in [-0.1, -0.05) is 49.4 Å². The van der Waals surface area contributed by atoms with Gasteiger partial charge in [-0.3, -0.25) is 9.78 Å². The molecule has 0 spiro atoms. The van der Waals surface area contributed by atoms with E-state index in [4.69, 9.17) is 0 Å². The van der Waals surface area contributed by atoms with Crippen molar-refractivity contribution in [3.63, 3.8) is 0 Å². The highest BCUT2D eigenvalue weighted by atomic mass is 16.2. The van der Waals surface area contributed by atoms with Crippen molar-refractivity contribution in [1.29, 1.82) is 0 Å². The minimum Gasteiger partial charge on any atom is -0.335 e. The molecule has 0 bridgehead atoms. The molecule has 114 valence electrons. The molecule has 0 aliphatic heterocycles. The van der Waals surface area contributed by atoms with E-state index in [1.807, 2.05) is 60.4 Å². The molecular weight excluding hydrogens is 272 g/mol. The lowest BCUT2D eigenvalue weighted by atomic mass is 10.1. The summed E-state index contributed by atoms with van der Waals surface area (Å²) in [6.45, 7) is 5.37. The average Bonchev–Trinajstić information content (AvgIpc) is 2.55. The van der Waals surface area contributed by atoms with Gasteiger partial charge in [-0.05, 0) is 30.5 Å². The Labute approximate surface area is 132 Å². The standard InChI is InChI=1S/C19H22N2O/c1-3-13-21(14-7-10-17-8-5-4-6-9-17)19(22)18-15-20-12-11-16(18)2/h4-12,15H,3,13-14H2,1-2H3. The van der Waals surface area contributed by atoms with E-state index in [1.165, 1.54) is 0 Å². The highest BCUT2D eigenvalue weighted by molar-refractivity contribution is 5.95. The number of carbonyl (C=O) groups excluding carboxylic acids is 1. The second-order valence-corrected chi connectivity index (χ2v) is 5.25. The van der Waals surface area contributed by atoms with Gasteiger partial charge in [0.2, 0.25) is 0 Å². The number of carbonyl (C=O) groups is 1. The highest BCUT2D eigenvalue weighted by Gasteiger charge is 2.15. The number of pyridine rings is 1. The third-order valence-electron chi connectivity index (χ3n) is 3.49. The first-order valence-corrected chi connectivity index (χ1v) is 7.64. The van der Waals surface area contributed by atoms with Crippen molar-refractivity contribution in [2.24, 2.45) is 0 Å². The van der Waals surface area contributed by atoms with E-state index in [9.17, 15) is 4.79 Å². The summed E-state index contributed by atoms with van der Waals surface area (Å²) in [5.74, 6) is 0.0464. The van der Waals surface area contributed by atoms with Crippen molar-refractivity contribution in [1.82, 2.24) is 9.88 Å². The van der Waals surface area contributed by atoms with Crippen molar-refractivity contribution in [3.05, 3.63) is 71.6 Å². The van der Waals surface area contributed by atoms with Crippen LogP contribution in [0.1, 0.15) is 34.8 Å². The molecule has 1 aromatic carbocycles. The number of hydrogen-bond donors (Lipinski definition) is 0. The number of rotatable bonds is 6. The van der Waals surface area contributed by atoms with E-state index in [2.05, 4.69) is 11.9 Å². The summed E-state index contributed by atoms with van der Waals surface area (Å²) in [4.78, 5) is 18.6. The number of aryl methyl sites for hydroxylation is 1. The molecule has 0 N–H and O–H groups in total. The molecule has 2 rings (SSSR count). The van der Waals surface area contributed by atoms with Crippen LogP contribution in [0.5, 0.6) is 0 Å². The van der Waals surface area contributed by atoms with Crippen molar-refractivity contribution in [2.75, 3.05) is 13.1 Å². The van der Waals surface area contributed by atoms with Crippen molar-refractivity contribution in [3.8, 4) is 0 Å². The molecule has 0 fully saturated rings. The van der Waals surface area contributed by atoms with Crippen LogP contribution in [0.3, 0.4) is 0 Å². The molecule has 3 heteroatoms. The number of hydrogen-bond acceptors (Lipinski definition) is 2. The third kappa shape index (κ3) is 4.29. The summed E-state index contributed by atoms with van der Waals surface area (Å²) in [7, 11) is 0. The lowest BCUT2D eigenvalue weighted by Crippen LogP contribution is -2.32. The Morgan fingerprint density at radius 3 is 2.68 bits per heavy atom. The normalized spacial score (nSPS) is 10.8. The summed E-state index contributed by atoms with van der Waals surface area (Å²) >= 11 is 0. The fraction of sp³-hybridized carbons (Fsp3) is 0.263. The Kier molecular flexibility index (Phi) is 5.90. The Bertz CT molecular complexity index is 635. The van der Waals surface area contributed by atoms with Crippen LogP contribution in [0.25, 0.3) is 6.08 Å². The lowest BCUT2D eigenvalue weighted by Gasteiger charge is -2.21. The molecule has 0 saturated carbocycles. The van der Waals surface area contributed by atoms with Gasteiger partial charge in [0.15, 0.2) is 0 Å². The highest BCUT2D eigenvalue weighted by Crippen LogP contribution is 2.10. The smallest absolute Gasteiger partial charge is 0.255 e. The van der Waals surface area contributed by atoms with Gasteiger partial charge in [-0.15, -0.1) is 0 Å². The second-order valence-electron chi connectivity index (χ2n) is 5.25. The zero-order chi connectivity index (χ0) is 15.8. The van der Waals surface area contributed by atoms with E-state index < -0.39 is 0 Å². The van der Waals surface area contributed by atoms with E-state index >= 15 is 0 Å². The zero-order valence-electron chi connectivity index (χ0n) is 13.2. The van der Waals surface area contributed by atoms with Crippen LogP contribution in [-0.4, -0.2) is 28.9 Å². The minimum absolute atomic E-state index is 0.0464. The molecule has 1 aromatic heterocycles. The molecular formula is C19H22N2O.